The first-order chi connectivity index (χ1) is 14.7. The number of benzene rings is 1. The van der Waals surface area contributed by atoms with Gasteiger partial charge in [-0.3, -0.25) is 4.79 Å². The lowest BCUT2D eigenvalue weighted by Crippen LogP contribution is -2.50. The fourth-order valence-electron chi connectivity index (χ4n) is 7.75. The van der Waals surface area contributed by atoms with Gasteiger partial charge in [-0.05, 0) is 109 Å². The second-order valence-corrected chi connectivity index (χ2v) is 10.7. The average Bonchev–Trinajstić information content (AvgIpc) is 3.10. The number of aliphatic carboxylic acids is 1. The molecule has 6 atom stereocenters. The second kappa shape index (κ2) is 7.08. The predicted molar refractivity (Wildman–Crippen MR) is 119 cm³/mol. The highest BCUT2D eigenvalue weighted by atomic mass is 16.4. The summed E-state index contributed by atoms with van der Waals surface area (Å²) in [6, 6.07) is 6.72. The monoisotopic (exact) mass is 420 g/mol. The van der Waals surface area contributed by atoms with Crippen molar-refractivity contribution in [3.05, 3.63) is 53.1 Å². The number of hydrogen-bond acceptors (Lipinski definition) is 3. The van der Waals surface area contributed by atoms with Crippen LogP contribution in [0.2, 0.25) is 0 Å². The van der Waals surface area contributed by atoms with Gasteiger partial charge in [0, 0.05) is 17.1 Å². The van der Waals surface area contributed by atoms with E-state index in [1.165, 1.54) is 5.57 Å². The van der Waals surface area contributed by atoms with Gasteiger partial charge < -0.3 is 10.2 Å². The van der Waals surface area contributed by atoms with Crippen molar-refractivity contribution in [2.75, 3.05) is 0 Å². The Balaban J connectivity index is 1.43. The number of Topliss-reactive ketones (excluding diaryl/α,β-unsaturated/α-hetero) is 1. The Morgan fingerprint density at radius 1 is 1.00 bits per heavy atom. The highest BCUT2D eigenvalue weighted by Gasteiger charge is 2.59. The van der Waals surface area contributed by atoms with Gasteiger partial charge in [-0.1, -0.05) is 19.9 Å². The molecule has 0 radical (unpaired) electrons. The van der Waals surface area contributed by atoms with E-state index in [-0.39, 0.29) is 28.3 Å². The van der Waals surface area contributed by atoms with Crippen molar-refractivity contribution >= 4 is 11.8 Å². The lowest BCUT2D eigenvalue weighted by atomic mass is 9.47. The number of phenols is 1. The quantitative estimate of drug-likeness (QED) is 0.608. The van der Waals surface area contributed by atoms with Crippen LogP contribution < -0.4 is 0 Å². The van der Waals surface area contributed by atoms with Gasteiger partial charge in [-0.2, -0.15) is 0 Å². The molecule has 2 saturated carbocycles. The summed E-state index contributed by atoms with van der Waals surface area (Å²) < 4.78 is 0. The molecule has 31 heavy (non-hydrogen) atoms. The molecule has 1 aromatic rings. The molecule has 0 spiro atoms. The van der Waals surface area contributed by atoms with E-state index in [1.807, 2.05) is 6.08 Å². The fraction of sp³-hybridized carbons (Fsp3) is 0.556. The first-order valence-electron chi connectivity index (χ1n) is 11.7. The third-order valence-electron chi connectivity index (χ3n) is 9.51. The maximum atomic E-state index is 13.4. The van der Waals surface area contributed by atoms with E-state index in [2.05, 4.69) is 19.9 Å². The number of fused-ring (bicyclic) bond motifs is 5. The van der Waals surface area contributed by atoms with Gasteiger partial charge in [0.25, 0.3) is 0 Å². The standard InChI is InChI=1S/C27H32O4/c1-26-13-11-17(25(30)31)15-18(26)5-8-20-21-9-10-23(27(21,2)14-12-22(20)26)24(29)16-3-6-19(28)7-4-16/h3-7,15,20-23,28H,8-14H2,1-2H3,(H,30,31)/t20-,21-,22-,23?,26-,27-/m0/s1. The van der Waals surface area contributed by atoms with Crippen molar-refractivity contribution in [1.29, 1.82) is 0 Å². The molecule has 0 bridgehead atoms. The number of ketones is 1. The van der Waals surface area contributed by atoms with E-state index in [0.29, 0.717) is 35.3 Å². The molecule has 0 aromatic heterocycles. The Bertz CT molecular complexity index is 987. The van der Waals surface area contributed by atoms with Crippen molar-refractivity contribution in [3.8, 4) is 5.75 Å². The van der Waals surface area contributed by atoms with Crippen LogP contribution in [0.25, 0.3) is 0 Å². The molecule has 164 valence electrons. The van der Waals surface area contributed by atoms with E-state index < -0.39 is 5.97 Å². The minimum atomic E-state index is -0.785. The normalized spacial score (nSPS) is 38.9. The number of carboxylic acids is 1. The van der Waals surface area contributed by atoms with Crippen LogP contribution in [0.1, 0.15) is 69.2 Å². The molecule has 4 aliphatic carbocycles. The molecule has 2 N–H and O–H groups in total. The summed E-state index contributed by atoms with van der Waals surface area (Å²) in [5.41, 5.74) is 2.57. The molecular weight excluding hydrogens is 388 g/mol. The second-order valence-electron chi connectivity index (χ2n) is 10.7. The summed E-state index contributed by atoms with van der Waals surface area (Å²) in [5, 5.41) is 19.0. The molecule has 1 unspecified atom stereocenters. The van der Waals surface area contributed by atoms with Gasteiger partial charge in [0.1, 0.15) is 5.75 Å². The molecule has 1 aromatic carbocycles. The van der Waals surface area contributed by atoms with Crippen molar-refractivity contribution in [2.24, 2.45) is 34.5 Å². The van der Waals surface area contributed by atoms with Gasteiger partial charge in [0.05, 0.1) is 0 Å². The Kier molecular flexibility index (Phi) is 4.69. The summed E-state index contributed by atoms with van der Waals surface area (Å²) in [6.07, 6.45) is 11.0. The van der Waals surface area contributed by atoms with E-state index in [9.17, 15) is 19.8 Å². The summed E-state index contributed by atoms with van der Waals surface area (Å²) >= 11 is 0. The molecule has 4 aliphatic rings. The van der Waals surface area contributed by atoms with Gasteiger partial charge in [-0.15, -0.1) is 0 Å². The number of carbonyl (C=O) groups excluding carboxylic acids is 1. The maximum absolute atomic E-state index is 13.4. The number of carboxylic acid groups (broad SMARTS) is 1. The number of rotatable bonds is 3. The molecule has 0 amide bonds. The van der Waals surface area contributed by atoms with E-state index in [1.54, 1.807) is 24.3 Å². The van der Waals surface area contributed by atoms with E-state index >= 15 is 0 Å². The third-order valence-corrected chi connectivity index (χ3v) is 9.51. The van der Waals surface area contributed by atoms with Crippen LogP contribution in [0.15, 0.2) is 47.6 Å². The van der Waals surface area contributed by atoms with Gasteiger partial charge >= 0.3 is 5.97 Å². The lowest BCUT2D eigenvalue weighted by molar-refractivity contribution is -0.133. The smallest absolute Gasteiger partial charge is 0.331 e. The van der Waals surface area contributed by atoms with Gasteiger partial charge in [0.2, 0.25) is 0 Å². The van der Waals surface area contributed by atoms with Crippen molar-refractivity contribution in [1.82, 2.24) is 0 Å². The molecule has 4 heteroatoms. The zero-order chi connectivity index (χ0) is 22.0. The van der Waals surface area contributed by atoms with Crippen LogP contribution in [-0.4, -0.2) is 22.0 Å². The molecule has 4 nitrogen and oxygen atoms in total. The molecule has 0 heterocycles. The minimum absolute atomic E-state index is 0.0224. The number of aromatic hydroxyl groups is 1. The fourth-order valence-corrected chi connectivity index (χ4v) is 7.75. The molecular formula is C27H32O4. The molecule has 5 rings (SSSR count). The number of carbonyl (C=O) groups is 2. The largest absolute Gasteiger partial charge is 0.508 e. The third kappa shape index (κ3) is 3.01. The Hall–Kier alpha value is -2.36. The summed E-state index contributed by atoms with van der Waals surface area (Å²) in [7, 11) is 0. The van der Waals surface area contributed by atoms with Crippen LogP contribution >= 0.6 is 0 Å². The van der Waals surface area contributed by atoms with Crippen LogP contribution in [0, 0.1) is 34.5 Å². The molecule has 2 fully saturated rings. The summed E-state index contributed by atoms with van der Waals surface area (Å²) in [5.74, 6) is 1.37. The van der Waals surface area contributed by atoms with Crippen molar-refractivity contribution < 1.29 is 19.8 Å². The van der Waals surface area contributed by atoms with E-state index in [0.717, 1.165) is 38.5 Å². The predicted octanol–water partition coefficient (Wildman–Crippen LogP) is 5.77. The highest BCUT2D eigenvalue weighted by Crippen LogP contribution is 2.66. The summed E-state index contributed by atoms with van der Waals surface area (Å²) in [6.45, 7) is 4.69. The van der Waals surface area contributed by atoms with Crippen molar-refractivity contribution in [2.45, 2.75) is 58.8 Å². The Labute approximate surface area is 184 Å². The van der Waals surface area contributed by atoms with Crippen molar-refractivity contribution in [3.63, 3.8) is 0 Å². The lowest BCUT2D eigenvalue weighted by Gasteiger charge is -2.57. The highest BCUT2D eigenvalue weighted by molar-refractivity contribution is 5.98. The number of phenolic OH excluding ortho intramolecular Hbond substituents is 1. The van der Waals surface area contributed by atoms with Crippen LogP contribution in [0.3, 0.4) is 0 Å². The summed E-state index contributed by atoms with van der Waals surface area (Å²) in [4.78, 5) is 24.9. The average molecular weight is 421 g/mol. The first-order valence-corrected chi connectivity index (χ1v) is 11.7. The zero-order valence-electron chi connectivity index (χ0n) is 18.4. The first kappa shape index (κ1) is 20.5. The number of allylic oxidation sites excluding steroid dienone is 3. The van der Waals surface area contributed by atoms with Crippen LogP contribution in [0.5, 0.6) is 5.75 Å². The Morgan fingerprint density at radius 3 is 2.45 bits per heavy atom. The number of hydrogen-bond donors (Lipinski definition) is 2. The van der Waals surface area contributed by atoms with Gasteiger partial charge in [-0.25, -0.2) is 4.79 Å². The van der Waals surface area contributed by atoms with Crippen LogP contribution in [0.4, 0.5) is 0 Å². The Morgan fingerprint density at radius 2 is 1.74 bits per heavy atom. The van der Waals surface area contributed by atoms with Gasteiger partial charge in [0.15, 0.2) is 5.78 Å². The topological polar surface area (TPSA) is 74.6 Å². The van der Waals surface area contributed by atoms with E-state index in [4.69, 9.17) is 0 Å². The SMILES string of the molecule is C[C@]12CCC(C(=O)O)=CC1=CC[C@@H]1[C@@H]2CC[C@]2(C)C(C(=O)c3ccc(O)cc3)CC[C@@H]12. The molecule has 0 saturated heterocycles. The minimum Gasteiger partial charge on any atom is -0.508 e. The zero-order valence-corrected chi connectivity index (χ0v) is 18.4. The maximum Gasteiger partial charge on any atom is 0.331 e. The van der Waals surface area contributed by atoms with Crippen LogP contribution in [-0.2, 0) is 4.79 Å². The molecule has 0 aliphatic heterocycles.